The lowest BCUT2D eigenvalue weighted by atomic mass is 9.78. The molecule has 2 nitrogen and oxygen atoms in total. The molecule has 92 valence electrons. The first kappa shape index (κ1) is 12.1. The smallest absolute Gasteiger partial charge is 0.124 e. The molecule has 1 aliphatic heterocycles. The third-order valence-electron chi connectivity index (χ3n) is 4.77. The summed E-state index contributed by atoms with van der Waals surface area (Å²) in [5.41, 5.74) is 0. The number of hydrogen-bond donors (Lipinski definition) is 0. The quantitative estimate of drug-likeness (QED) is 0.671. The first-order valence-corrected chi connectivity index (χ1v) is 6.90. The number of hydrogen-bond acceptors (Lipinski definition) is 2. The van der Waals surface area contributed by atoms with Crippen molar-refractivity contribution in [2.75, 3.05) is 13.1 Å². The standard InChI is InChI=1S/C14H25NO/c1-11-5-6-14(8-12(11)2)15-7-3-4-13(9-15)10-16/h10-14H,3-9H2,1-2H3. The van der Waals surface area contributed by atoms with Gasteiger partial charge in [0.15, 0.2) is 0 Å². The maximum absolute atomic E-state index is 10.9. The molecular weight excluding hydrogens is 198 g/mol. The van der Waals surface area contributed by atoms with Crippen molar-refractivity contribution in [1.82, 2.24) is 4.90 Å². The van der Waals surface area contributed by atoms with Gasteiger partial charge in [0.1, 0.15) is 6.29 Å². The Kier molecular flexibility index (Phi) is 4.01. The van der Waals surface area contributed by atoms with Crippen LogP contribution in [0, 0.1) is 17.8 Å². The summed E-state index contributed by atoms with van der Waals surface area (Å²) in [6, 6.07) is 0.758. The molecule has 4 atom stereocenters. The molecule has 1 saturated carbocycles. The summed E-state index contributed by atoms with van der Waals surface area (Å²) in [5, 5.41) is 0. The van der Waals surface area contributed by atoms with Gasteiger partial charge < -0.3 is 4.79 Å². The Morgan fingerprint density at radius 2 is 1.94 bits per heavy atom. The molecule has 2 rings (SSSR count). The third-order valence-corrected chi connectivity index (χ3v) is 4.77. The van der Waals surface area contributed by atoms with Gasteiger partial charge in [-0.1, -0.05) is 13.8 Å². The zero-order valence-electron chi connectivity index (χ0n) is 10.7. The molecule has 1 aliphatic carbocycles. The van der Waals surface area contributed by atoms with Gasteiger partial charge in [-0.2, -0.15) is 0 Å². The molecule has 2 fully saturated rings. The van der Waals surface area contributed by atoms with Crippen LogP contribution in [-0.4, -0.2) is 30.3 Å². The van der Waals surface area contributed by atoms with Crippen molar-refractivity contribution in [3.63, 3.8) is 0 Å². The molecule has 0 bridgehead atoms. The Morgan fingerprint density at radius 3 is 2.62 bits per heavy atom. The first-order chi connectivity index (χ1) is 7.70. The summed E-state index contributed by atoms with van der Waals surface area (Å²) in [7, 11) is 0. The van der Waals surface area contributed by atoms with E-state index in [1.165, 1.54) is 38.5 Å². The molecular formula is C14H25NO. The maximum atomic E-state index is 10.9. The highest BCUT2D eigenvalue weighted by Gasteiger charge is 2.31. The van der Waals surface area contributed by atoms with Crippen LogP contribution in [0.5, 0.6) is 0 Å². The van der Waals surface area contributed by atoms with Crippen LogP contribution in [-0.2, 0) is 4.79 Å². The summed E-state index contributed by atoms with van der Waals surface area (Å²) in [4.78, 5) is 13.5. The Hall–Kier alpha value is -0.370. The highest BCUT2D eigenvalue weighted by atomic mass is 16.1. The van der Waals surface area contributed by atoms with Gasteiger partial charge >= 0.3 is 0 Å². The van der Waals surface area contributed by atoms with Crippen LogP contribution in [0.15, 0.2) is 0 Å². The van der Waals surface area contributed by atoms with E-state index in [-0.39, 0.29) is 0 Å². The van der Waals surface area contributed by atoms with Crippen molar-refractivity contribution in [3.8, 4) is 0 Å². The van der Waals surface area contributed by atoms with Crippen LogP contribution in [0.4, 0.5) is 0 Å². The number of likely N-dealkylation sites (tertiary alicyclic amines) is 1. The van der Waals surface area contributed by atoms with E-state index in [0.717, 1.165) is 30.8 Å². The number of carbonyl (C=O) groups is 1. The van der Waals surface area contributed by atoms with Crippen molar-refractivity contribution >= 4 is 6.29 Å². The predicted molar refractivity (Wildman–Crippen MR) is 66.3 cm³/mol. The van der Waals surface area contributed by atoms with Crippen molar-refractivity contribution in [3.05, 3.63) is 0 Å². The van der Waals surface area contributed by atoms with Gasteiger partial charge in [-0.05, 0) is 50.5 Å². The molecule has 4 unspecified atom stereocenters. The SMILES string of the molecule is CC1CCC(N2CCCC(C=O)C2)CC1C. The van der Waals surface area contributed by atoms with E-state index in [2.05, 4.69) is 18.7 Å². The van der Waals surface area contributed by atoms with E-state index in [9.17, 15) is 4.79 Å². The summed E-state index contributed by atoms with van der Waals surface area (Å²) >= 11 is 0. The van der Waals surface area contributed by atoms with Crippen molar-refractivity contribution in [1.29, 1.82) is 0 Å². The molecule has 0 aromatic carbocycles. The number of carbonyl (C=O) groups excluding carboxylic acids is 1. The molecule has 16 heavy (non-hydrogen) atoms. The van der Waals surface area contributed by atoms with Crippen LogP contribution in [0.2, 0.25) is 0 Å². The molecule has 0 N–H and O–H groups in total. The lowest BCUT2D eigenvalue weighted by Crippen LogP contribution is -2.45. The van der Waals surface area contributed by atoms with Crippen LogP contribution >= 0.6 is 0 Å². The number of piperidine rings is 1. The minimum Gasteiger partial charge on any atom is -0.303 e. The fourth-order valence-corrected chi connectivity index (χ4v) is 3.33. The molecule has 2 aliphatic rings. The minimum absolute atomic E-state index is 0.309. The Morgan fingerprint density at radius 1 is 1.12 bits per heavy atom. The summed E-state index contributed by atoms with van der Waals surface area (Å²) < 4.78 is 0. The lowest BCUT2D eigenvalue weighted by Gasteiger charge is -2.42. The van der Waals surface area contributed by atoms with Gasteiger partial charge in [-0.3, -0.25) is 4.90 Å². The molecule has 0 amide bonds. The predicted octanol–water partition coefficient (Wildman–Crippen LogP) is 2.72. The maximum Gasteiger partial charge on any atom is 0.124 e. The Labute approximate surface area is 99.4 Å². The van der Waals surface area contributed by atoms with Crippen molar-refractivity contribution in [2.45, 2.75) is 52.0 Å². The number of rotatable bonds is 2. The molecule has 0 aromatic heterocycles. The van der Waals surface area contributed by atoms with Gasteiger partial charge in [0, 0.05) is 18.5 Å². The lowest BCUT2D eigenvalue weighted by molar-refractivity contribution is -0.113. The van der Waals surface area contributed by atoms with E-state index < -0.39 is 0 Å². The van der Waals surface area contributed by atoms with E-state index in [1.807, 2.05) is 0 Å². The van der Waals surface area contributed by atoms with Crippen LogP contribution in [0.3, 0.4) is 0 Å². The summed E-state index contributed by atoms with van der Waals surface area (Å²) in [6.45, 7) is 7.01. The van der Waals surface area contributed by atoms with E-state index >= 15 is 0 Å². The van der Waals surface area contributed by atoms with Gasteiger partial charge in [-0.15, -0.1) is 0 Å². The van der Waals surface area contributed by atoms with E-state index in [1.54, 1.807) is 0 Å². The topological polar surface area (TPSA) is 20.3 Å². The van der Waals surface area contributed by atoms with Crippen LogP contribution in [0.25, 0.3) is 0 Å². The molecule has 1 heterocycles. The van der Waals surface area contributed by atoms with Gasteiger partial charge in [0.05, 0.1) is 0 Å². The van der Waals surface area contributed by atoms with E-state index in [0.29, 0.717) is 5.92 Å². The second kappa shape index (κ2) is 5.31. The monoisotopic (exact) mass is 223 g/mol. The first-order valence-electron chi connectivity index (χ1n) is 6.90. The molecule has 1 saturated heterocycles. The average Bonchev–Trinajstić information content (AvgIpc) is 2.33. The fourth-order valence-electron chi connectivity index (χ4n) is 3.33. The normalized spacial score (nSPS) is 41.9. The highest BCUT2D eigenvalue weighted by Crippen LogP contribution is 2.33. The van der Waals surface area contributed by atoms with Gasteiger partial charge in [0.25, 0.3) is 0 Å². The van der Waals surface area contributed by atoms with Crippen molar-refractivity contribution in [2.24, 2.45) is 17.8 Å². The van der Waals surface area contributed by atoms with Crippen molar-refractivity contribution < 1.29 is 4.79 Å². The molecule has 0 spiro atoms. The molecule has 0 radical (unpaired) electrons. The molecule has 0 aromatic rings. The summed E-state index contributed by atoms with van der Waals surface area (Å²) in [5.74, 6) is 2.06. The number of aldehydes is 1. The number of nitrogens with zero attached hydrogens (tertiary/aromatic N) is 1. The highest BCUT2D eigenvalue weighted by molar-refractivity contribution is 5.53. The second-order valence-corrected chi connectivity index (χ2v) is 5.95. The fraction of sp³-hybridized carbons (Fsp3) is 0.929. The zero-order valence-corrected chi connectivity index (χ0v) is 10.7. The Balaban J connectivity index is 1.89. The second-order valence-electron chi connectivity index (χ2n) is 5.95. The van der Waals surface area contributed by atoms with E-state index in [4.69, 9.17) is 0 Å². The zero-order chi connectivity index (χ0) is 11.5. The Bertz CT molecular complexity index is 241. The van der Waals surface area contributed by atoms with Gasteiger partial charge in [0.2, 0.25) is 0 Å². The van der Waals surface area contributed by atoms with Crippen LogP contribution < -0.4 is 0 Å². The summed E-state index contributed by atoms with van der Waals surface area (Å²) in [6.07, 6.45) is 7.54. The minimum atomic E-state index is 0.309. The molecule has 2 heteroatoms. The average molecular weight is 223 g/mol. The van der Waals surface area contributed by atoms with Crippen LogP contribution in [0.1, 0.15) is 46.0 Å². The third kappa shape index (κ3) is 2.65. The largest absolute Gasteiger partial charge is 0.303 e. The van der Waals surface area contributed by atoms with Gasteiger partial charge in [-0.25, -0.2) is 0 Å².